The van der Waals surface area contributed by atoms with Crippen molar-refractivity contribution in [3.63, 3.8) is 0 Å². The van der Waals surface area contributed by atoms with E-state index in [4.69, 9.17) is 0 Å². The van der Waals surface area contributed by atoms with E-state index in [1.807, 2.05) is 24.3 Å². The minimum atomic E-state index is -1.06. The summed E-state index contributed by atoms with van der Waals surface area (Å²) in [5.41, 5.74) is 2.50. The molecule has 1 aromatic carbocycles. The number of amides is 2. The predicted molar refractivity (Wildman–Crippen MR) is 100 cm³/mol. The van der Waals surface area contributed by atoms with E-state index in [-0.39, 0.29) is 11.8 Å². The van der Waals surface area contributed by atoms with E-state index in [0.717, 1.165) is 31.4 Å². The van der Waals surface area contributed by atoms with E-state index in [1.54, 1.807) is 18.7 Å². The molecule has 0 unspecified atom stereocenters. The van der Waals surface area contributed by atoms with Crippen molar-refractivity contribution in [2.75, 3.05) is 18.0 Å². The fraction of sp³-hybridized carbons (Fsp3) is 0.524. The van der Waals surface area contributed by atoms with Gasteiger partial charge in [-0.15, -0.1) is 0 Å². The maximum atomic E-state index is 13.0. The Labute approximate surface area is 150 Å². The minimum absolute atomic E-state index is 0.119. The number of carbonyl (C=O) groups is 2. The molecular formula is C21H28N2O2. The summed E-state index contributed by atoms with van der Waals surface area (Å²) in [6.07, 6.45) is 8.86. The van der Waals surface area contributed by atoms with Crippen molar-refractivity contribution < 1.29 is 9.59 Å². The van der Waals surface area contributed by atoms with Crippen LogP contribution in [0.25, 0.3) is 0 Å². The molecule has 4 nitrogen and oxygen atoms in total. The average Bonchev–Trinajstić information content (AvgIpc) is 3.05. The Hall–Kier alpha value is -2.10. The molecule has 3 rings (SSSR count). The summed E-state index contributed by atoms with van der Waals surface area (Å²) >= 11 is 0. The van der Waals surface area contributed by atoms with Crippen molar-refractivity contribution in [1.82, 2.24) is 5.32 Å². The van der Waals surface area contributed by atoms with Gasteiger partial charge in [-0.1, -0.05) is 29.8 Å². The number of nitrogens with one attached hydrogen (secondary N) is 1. The van der Waals surface area contributed by atoms with Gasteiger partial charge in [0.15, 0.2) is 0 Å². The number of para-hydroxylation sites is 1. The first-order valence-corrected chi connectivity index (χ1v) is 9.36. The summed E-state index contributed by atoms with van der Waals surface area (Å²) in [4.78, 5) is 27.4. The largest absolute Gasteiger partial charge is 0.355 e. The van der Waals surface area contributed by atoms with Crippen LogP contribution in [0, 0.1) is 5.41 Å². The molecule has 4 heteroatoms. The second-order valence-corrected chi connectivity index (χ2v) is 7.57. The molecule has 0 aromatic heterocycles. The van der Waals surface area contributed by atoms with Crippen LogP contribution >= 0.6 is 0 Å². The summed E-state index contributed by atoms with van der Waals surface area (Å²) < 4.78 is 0. The number of hydrogen-bond acceptors (Lipinski definition) is 2. The van der Waals surface area contributed by atoms with Crippen LogP contribution in [0.15, 0.2) is 35.9 Å². The van der Waals surface area contributed by atoms with Gasteiger partial charge in [-0.25, -0.2) is 0 Å². The van der Waals surface area contributed by atoms with E-state index >= 15 is 0 Å². The highest BCUT2D eigenvalue weighted by molar-refractivity contribution is 6.11. The van der Waals surface area contributed by atoms with E-state index in [2.05, 4.69) is 11.4 Å². The molecule has 0 radical (unpaired) electrons. The van der Waals surface area contributed by atoms with Crippen LogP contribution in [0.4, 0.5) is 5.69 Å². The van der Waals surface area contributed by atoms with Gasteiger partial charge in [0, 0.05) is 18.8 Å². The molecule has 0 saturated heterocycles. The molecule has 25 heavy (non-hydrogen) atoms. The highest BCUT2D eigenvalue weighted by Crippen LogP contribution is 2.32. The molecule has 0 atom stereocenters. The first kappa shape index (κ1) is 17.7. The van der Waals surface area contributed by atoms with Gasteiger partial charge in [-0.2, -0.15) is 0 Å². The fourth-order valence-electron chi connectivity index (χ4n) is 3.67. The number of allylic oxidation sites excluding steroid dienone is 1. The number of carbonyl (C=O) groups excluding carboxylic acids is 2. The second kappa shape index (κ2) is 7.42. The van der Waals surface area contributed by atoms with Crippen LogP contribution in [-0.4, -0.2) is 24.9 Å². The van der Waals surface area contributed by atoms with Gasteiger partial charge in [0.05, 0.1) is 0 Å². The van der Waals surface area contributed by atoms with Crippen LogP contribution in [0.3, 0.4) is 0 Å². The van der Waals surface area contributed by atoms with Crippen molar-refractivity contribution in [2.24, 2.45) is 5.41 Å². The van der Waals surface area contributed by atoms with Gasteiger partial charge >= 0.3 is 0 Å². The number of fused-ring (bicyclic) bond motifs is 1. The smallest absolute Gasteiger partial charge is 0.242 e. The molecule has 2 aliphatic rings. The van der Waals surface area contributed by atoms with Gasteiger partial charge in [-0.3, -0.25) is 9.59 Å². The van der Waals surface area contributed by atoms with Crippen LogP contribution in [0.1, 0.15) is 51.5 Å². The number of rotatable bonds is 5. The molecule has 134 valence electrons. The van der Waals surface area contributed by atoms with Gasteiger partial charge in [0.1, 0.15) is 5.41 Å². The number of anilines is 1. The van der Waals surface area contributed by atoms with E-state index in [0.29, 0.717) is 13.1 Å². The third-order valence-corrected chi connectivity index (χ3v) is 5.35. The Kier molecular flexibility index (Phi) is 5.26. The number of hydrogen-bond donors (Lipinski definition) is 1. The Morgan fingerprint density at radius 1 is 1.16 bits per heavy atom. The molecule has 0 spiro atoms. The third kappa shape index (κ3) is 3.78. The number of benzene rings is 1. The molecule has 1 aliphatic heterocycles. The minimum Gasteiger partial charge on any atom is -0.355 e. The summed E-state index contributed by atoms with van der Waals surface area (Å²) in [7, 11) is 0. The highest BCUT2D eigenvalue weighted by atomic mass is 16.2. The lowest BCUT2D eigenvalue weighted by atomic mass is 9.90. The van der Waals surface area contributed by atoms with Crippen LogP contribution in [-0.2, 0) is 16.0 Å². The Morgan fingerprint density at radius 3 is 2.72 bits per heavy atom. The van der Waals surface area contributed by atoms with E-state index < -0.39 is 5.41 Å². The zero-order valence-corrected chi connectivity index (χ0v) is 15.3. The third-order valence-electron chi connectivity index (χ3n) is 5.35. The Morgan fingerprint density at radius 2 is 1.96 bits per heavy atom. The lowest BCUT2D eigenvalue weighted by Gasteiger charge is -2.28. The molecule has 1 aromatic rings. The summed E-state index contributed by atoms with van der Waals surface area (Å²) in [5, 5.41) is 2.97. The predicted octanol–water partition coefficient (Wildman–Crippen LogP) is 3.61. The molecule has 0 saturated carbocycles. The summed E-state index contributed by atoms with van der Waals surface area (Å²) in [5.74, 6) is -0.301. The lowest BCUT2D eigenvalue weighted by Crippen LogP contribution is -2.49. The zero-order chi connectivity index (χ0) is 17.9. The lowest BCUT2D eigenvalue weighted by molar-refractivity contribution is -0.139. The standard InChI is InChI=1S/C21H28N2O2/c1-21(2,19(24)22-14-12-16-8-4-3-5-9-16)20(25)23-15-13-17-10-6-7-11-18(17)23/h6-8,10-11H,3-5,9,12-15H2,1-2H3,(H,22,24). The van der Waals surface area contributed by atoms with E-state index in [9.17, 15) is 9.59 Å². The SMILES string of the molecule is CC(C)(C(=O)NCCC1=CCCCC1)C(=O)N1CCc2ccccc21. The van der Waals surface area contributed by atoms with Crippen molar-refractivity contribution in [3.05, 3.63) is 41.5 Å². The van der Waals surface area contributed by atoms with Gasteiger partial charge in [0.2, 0.25) is 11.8 Å². The second-order valence-electron chi connectivity index (χ2n) is 7.57. The van der Waals surface area contributed by atoms with Crippen LogP contribution < -0.4 is 10.2 Å². The van der Waals surface area contributed by atoms with Crippen molar-refractivity contribution in [3.8, 4) is 0 Å². The van der Waals surface area contributed by atoms with Crippen molar-refractivity contribution in [1.29, 1.82) is 0 Å². The van der Waals surface area contributed by atoms with Crippen molar-refractivity contribution >= 4 is 17.5 Å². The van der Waals surface area contributed by atoms with Gasteiger partial charge in [-0.05, 0) is 64.0 Å². The highest BCUT2D eigenvalue weighted by Gasteiger charge is 2.41. The molecule has 2 amide bonds. The maximum absolute atomic E-state index is 13.0. The topological polar surface area (TPSA) is 49.4 Å². The summed E-state index contributed by atoms with van der Waals surface area (Å²) in [6, 6.07) is 7.94. The molecule has 1 N–H and O–H groups in total. The molecule has 0 bridgehead atoms. The Bertz CT molecular complexity index is 691. The maximum Gasteiger partial charge on any atom is 0.242 e. The molecule has 1 heterocycles. The van der Waals surface area contributed by atoms with E-state index in [1.165, 1.54) is 24.0 Å². The first-order chi connectivity index (χ1) is 12.0. The normalized spacial score (nSPS) is 17.0. The van der Waals surface area contributed by atoms with Crippen LogP contribution in [0.2, 0.25) is 0 Å². The quantitative estimate of drug-likeness (QED) is 0.657. The van der Waals surface area contributed by atoms with Gasteiger partial charge in [0.25, 0.3) is 0 Å². The molecule has 1 aliphatic carbocycles. The van der Waals surface area contributed by atoms with Crippen LogP contribution in [0.5, 0.6) is 0 Å². The Balaban J connectivity index is 1.59. The zero-order valence-electron chi connectivity index (χ0n) is 15.3. The van der Waals surface area contributed by atoms with Gasteiger partial charge < -0.3 is 10.2 Å². The number of nitrogens with zero attached hydrogens (tertiary/aromatic N) is 1. The molecular weight excluding hydrogens is 312 g/mol. The monoisotopic (exact) mass is 340 g/mol. The average molecular weight is 340 g/mol. The fourth-order valence-corrected chi connectivity index (χ4v) is 3.67. The first-order valence-electron chi connectivity index (χ1n) is 9.36. The van der Waals surface area contributed by atoms with Crippen molar-refractivity contribution in [2.45, 2.75) is 52.4 Å². The summed E-state index contributed by atoms with van der Waals surface area (Å²) in [6.45, 7) is 4.72. The molecule has 0 fully saturated rings.